The minimum Gasteiger partial charge on any atom is -0.508 e. The molecule has 0 heterocycles. The summed E-state index contributed by atoms with van der Waals surface area (Å²) in [6.45, 7) is 6.93. The highest BCUT2D eigenvalue weighted by Gasteiger charge is 2.31. The fraction of sp³-hybridized carbons (Fsp3) is 0.647. The van der Waals surface area contributed by atoms with Crippen molar-refractivity contribution in [3.8, 4) is 5.75 Å². The molecule has 2 aliphatic carbocycles. The van der Waals surface area contributed by atoms with E-state index < -0.39 is 0 Å². The van der Waals surface area contributed by atoms with Crippen LogP contribution in [0.1, 0.15) is 54.8 Å². The van der Waals surface area contributed by atoms with Gasteiger partial charge >= 0.3 is 0 Å². The van der Waals surface area contributed by atoms with Gasteiger partial charge in [0.15, 0.2) is 0 Å². The topological polar surface area (TPSA) is 41.5 Å². The number of benzene rings is 1. The van der Waals surface area contributed by atoms with E-state index in [0.29, 0.717) is 11.7 Å². The maximum Gasteiger partial charge on any atom is 0.120 e. The highest BCUT2D eigenvalue weighted by molar-refractivity contribution is 5.50. The average Bonchev–Trinajstić information content (AvgIpc) is 3.17. The quantitative estimate of drug-likeness (QED) is 0.783. The van der Waals surface area contributed by atoms with E-state index in [-0.39, 0.29) is 6.04 Å². The van der Waals surface area contributed by atoms with Crippen LogP contribution < -0.4 is 5.32 Å². The highest BCUT2D eigenvalue weighted by Crippen LogP contribution is 2.45. The minimum atomic E-state index is 0.268. The molecule has 2 aliphatic rings. The monoisotopic (exact) mass is 275 g/mol. The third kappa shape index (κ3) is 2.84. The zero-order valence-electron chi connectivity index (χ0n) is 12.5. The van der Waals surface area contributed by atoms with Crippen LogP contribution in [0.3, 0.4) is 0 Å². The maximum absolute atomic E-state index is 10.2. The molecule has 0 aromatic heterocycles. The number of aryl methyl sites for hydroxylation is 1. The number of phenolic OH excluding ortho intramolecular Hbond substituents is 1. The van der Waals surface area contributed by atoms with E-state index >= 15 is 0 Å². The van der Waals surface area contributed by atoms with Gasteiger partial charge in [-0.05, 0) is 55.2 Å². The van der Waals surface area contributed by atoms with Crippen LogP contribution in [-0.2, 0) is 4.74 Å². The molecule has 110 valence electrons. The predicted octanol–water partition coefficient (Wildman–Crippen LogP) is 3.27. The molecule has 20 heavy (non-hydrogen) atoms. The van der Waals surface area contributed by atoms with Crippen LogP contribution in [0.2, 0.25) is 0 Å². The lowest BCUT2D eigenvalue weighted by atomic mass is 9.97. The molecule has 0 radical (unpaired) electrons. The molecule has 1 aromatic carbocycles. The molecular weight excluding hydrogens is 250 g/mol. The van der Waals surface area contributed by atoms with Crippen LogP contribution in [-0.4, -0.2) is 24.9 Å². The van der Waals surface area contributed by atoms with Crippen LogP contribution in [0.4, 0.5) is 0 Å². The lowest BCUT2D eigenvalue weighted by Crippen LogP contribution is -2.24. The summed E-state index contributed by atoms with van der Waals surface area (Å²) in [5.41, 5.74) is 3.74. The van der Waals surface area contributed by atoms with Gasteiger partial charge in [-0.1, -0.05) is 13.0 Å². The van der Waals surface area contributed by atoms with Gasteiger partial charge in [-0.25, -0.2) is 0 Å². The van der Waals surface area contributed by atoms with Gasteiger partial charge in [0.2, 0.25) is 0 Å². The molecule has 1 fully saturated rings. The van der Waals surface area contributed by atoms with E-state index in [2.05, 4.69) is 19.2 Å². The lowest BCUT2D eigenvalue weighted by molar-refractivity contribution is 0.124. The Hall–Kier alpha value is -1.06. The van der Waals surface area contributed by atoms with Crippen LogP contribution in [0.25, 0.3) is 0 Å². The van der Waals surface area contributed by atoms with Crippen molar-refractivity contribution in [2.24, 2.45) is 5.92 Å². The Morgan fingerprint density at radius 3 is 2.85 bits per heavy atom. The second-order valence-corrected chi connectivity index (χ2v) is 6.39. The second kappa shape index (κ2) is 5.74. The second-order valence-electron chi connectivity index (χ2n) is 6.39. The fourth-order valence-electron chi connectivity index (χ4n) is 3.37. The number of hydrogen-bond donors (Lipinski definition) is 2. The molecule has 2 N–H and O–H groups in total. The first kappa shape index (κ1) is 13.9. The normalized spacial score (nSPS) is 24.9. The van der Waals surface area contributed by atoms with Crippen LogP contribution >= 0.6 is 0 Å². The summed E-state index contributed by atoms with van der Waals surface area (Å²) in [6.07, 6.45) is 3.75. The summed E-state index contributed by atoms with van der Waals surface area (Å²) >= 11 is 0. The molecule has 2 unspecified atom stereocenters. The molecule has 3 nitrogen and oxygen atoms in total. The molecule has 3 heteroatoms. The smallest absolute Gasteiger partial charge is 0.120 e. The molecule has 2 atom stereocenters. The van der Waals surface area contributed by atoms with Crippen LogP contribution in [0.5, 0.6) is 5.75 Å². The van der Waals surface area contributed by atoms with Gasteiger partial charge < -0.3 is 15.2 Å². The van der Waals surface area contributed by atoms with Crippen molar-refractivity contribution in [1.82, 2.24) is 5.32 Å². The maximum atomic E-state index is 10.2. The van der Waals surface area contributed by atoms with Crippen LogP contribution in [0.15, 0.2) is 12.1 Å². The lowest BCUT2D eigenvalue weighted by Gasteiger charge is -2.16. The van der Waals surface area contributed by atoms with Crippen molar-refractivity contribution < 1.29 is 9.84 Å². The fourth-order valence-corrected chi connectivity index (χ4v) is 3.37. The Morgan fingerprint density at radius 2 is 2.10 bits per heavy atom. The summed E-state index contributed by atoms with van der Waals surface area (Å²) in [4.78, 5) is 0. The molecule has 3 rings (SSSR count). The number of fused-ring (bicyclic) bond motifs is 1. The summed E-state index contributed by atoms with van der Waals surface area (Å²) in [6, 6.07) is 4.11. The van der Waals surface area contributed by atoms with Gasteiger partial charge in [0, 0.05) is 24.8 Å². The Kier molecular flexibility index (Phi) is 3.99. The van der Waals surface area contributed by atoms with E-state index in [1.54, 1.807) is 0 Å². The van der Waals surface area contributed by atoms with Crippen LogP contribution in [0, 0.1) is 12.8 Å². The average molecular weight is 275 g/mol. The van der Waals surface area contributed by atoms with Gasteiger partial charge in [0.25, 0.3) is 0 Å². The Balaban J connectivity index is 1.57. The zero-order valence-corrected chi connectivity index (χ0v) is 12.5. The van der Waals surface area contributed by atoms with Gasteiger partial charge in [-0.2, -0.15) is 0 Å². The largest absolute Gasteiger partial charge is 0.508 e. The molecule has 0 saturated heterocycles. The minimum absolute atomic E-state index is 0.268. The third-order valence-corrected chi connectivity index (χ3v) is 4.60. The van der Waals surface area contributed by atoms with E-state index in [0.717, 1.165) is 37.7 Å². The molecular formula is C17H25NO2. The first-order valence-corrected chi connectivity index (χ1v) is 7.80. The van der Waals surface area contributed by atoms with E-state index in [9.17, 15) is 5.11 Å². The SMILES string of the molecule is Cc1ccc(O)c2c1C(C)CC2NCCOCC1CC1. The zero-order chi connectivity index (χ0) is 14.1. The number of phenols is 1. The third-order valence-electron chi connectivity index (χ3n) is 4.60. The Labute approximate surface area is 121 Å². The van der Waals surface area contributed by atoms with Crippen molar-refractivity contribution in [2.75, 3.05) is 19.8 Å². The summed E-state index contributed by atoms with van der Waals surface area (Å²) in [7, 11) is 0. The molecule has 0 spiro atoms. The number of nitrogens with one attached hydrogen (secondary N) is 1. The van der Waals surface area contributed by atoms with E-state index in [1.807, 2.05) is 12.1 Å². The van der Waals surface area contributed by atoms with E-state index in [1.165, 1.54) is 24.0 Å². The Bertz CT molecular complexity index is 482. The van der Waals surface area contributed by atoms with Crippen molar-refractivity contribution in [1.29, 1.82) is 0 Å². The number of ether oxygens (including phenoxy) is 1. The standard InChI is InChI=1S/C17H25NO2/c1-11-3-6-15(19)17-14(9-12(2)16(11)17)18-7-8-20-10-13-4-5-13/h3,6,12-14,18-19H,4-5,7-10H2,1-2H3. The highest BCUT2D eigenvalue weighted by atomic mass is 16.5. The molecule has 1 saturated carbocycles. The molecule has 0 aliphatic heterocycles. The number of hydrogen-bond acceptors (Lipinski definition) is 3. The molecule has 0 amide bonds. The number of rotatable bonds is 6. The summed E-state index contributed by atoms with van der Waals surface area (Å²) in [5, 5.41) is 13.7. The Morgan fingerprint density at radius 1 is 1.30 bits per heavy atom. The van der Waals surface area contributed by atoms with Crippen molar-refractivity contribution in [2.45, 2.75) is 45.1 Å². The van der Waals surface area contributed by atoms with Gasteiger partial charge in [0.05, 0.1) is 6.61 Å². The molecule has 1 aromatic rings. The predicted molar refractivity (Wildman–Crippen MR) is 80.2 cm³/mol. The van der Waals surface area contributed by atoms with Gasteiger partial charge in [0.1, 0.15) is 5.75 Å². The van der Waals surface area contributed by atoms with E-state index in [4.69, 9.17) is 4.74 Å². The van der Waals surface area contributed by atoms with Crippen molar-refractivity contribution >= 4 is 0 Å². The first-order chi connectivity index (χ1) is 9.66. The number of aromatic hydroxyl groups is 1. The van der Waals surface area contributed by atoms with Crippen molar-refractivity contribution in [3.05, 3.63) is 28.8 Å². The van der Waals surface area contributed by atoms with Gasteiger partial charge in [-0.3, -0.25) is 0 Å². The summed E-state index contributed by atoms with van der Waals surface area (Å²) in [5.74, 6) is 1.78. The van der Waals surface area contributed by atoms with Gasteiger partial charge in [-0.15, -0.1) is 0 Å². The van der Waals surface area contributed by atoms with Crippen molar-refractivity contribution in [3.63, 3.8) is 0 Å². The summed E-state index contributed by atoms with van der Waals surface area (Å²) < 4.78 is 5.66. The molecule has 0 bridgehead atoms. The first-order valence-electron chi connectivity index (χ1n) is 7.80.